The molecular formula is C15H24N4O. The summed E-state index contributed by atoms with van der Waals surface area (Å²) in [6, 6.07) is 0. The first-order valence-electron chi connectivity index (χ1n) is 7.44. The molecule has 0 radical (unpaired) electrons. The van der Waals surface area contributed by atoms with E-state index < -0.39 is 0 Å². The van der Waals surface area contributed by atoms with Crippen molar-refractivity contribution in [3.8, 4) is 0 Å². The van der Waals surface area contributed by atoms with Gasteiger partial charge in [-0.05, 0) is 25.7 Å². The fraction of sp³-hybridized carbons (Fsp3) is 0.667. The molecule has 0 saturated heterocycles. The highest BCUT2D eigenvalue weighted by Gasteiger charge is 2.25. The van der Waals surface area contributed by atoms with Crippen molar-refractivity contribution in [2.45, 2.75) is 46.0 Å². The van der Waals surface area contributed by atoms with Crippen molar-refractivity contribution in [1.82, 2.24) is 14.9 Å². The van der Waals surface area contributed by atoms with Crippen LogP contribution in [0.3, 0.4) is 0 Å². The average molecular weight is 276 g/mol. The van der Waals surface area contributed by atoms with Crippen LogP contribution >= 0.6 is 0 Å². The third-order valence-electron chi connectivity index (χ3n) is 3.93. The van der Waals surface area contributed by atoms with Crippen molar-refractivity contribution in [2.24, 2.45) is 5.92 Å². The van der Waals surface area contributed by atoms with Crippen molar-refractivity contribution in [3.05, 3.63) is 17.7 Å². The van der Waals surface area contributed by atoms with Gasteiger partial charge in [-0.1, -0.05) is 20.3 Å². The molecule has 0 atom stereocenters. The fourth-order valence-corrected chi connectivity index (χ4v) is 2.35. The number of aromatic nitrogens is 2. The highest BCUT2D eigenvalue weighted by atomic mass is 16.2. The second-order valence-electron chi connectivity index (χ2n) is 5.83. The van der Waals surface area contributed by atoms with E-state index in [1.165, 1.54) is 19.3 Å². The molecule has 2 rings (SSSR count). The normalized spacial score (nSPS) is 15.2. The quantitative estimate of drug-likeness (QED) is 0.896. The number of amides is 1. The van der Waals surface area contributed by atoms with Crippen LogP contribution in [0.25, 0.3) is 0 Å². The van der Waals surface area contributed by atoms with Gasteiger partial charge in [0.2, 0.25) is 0 Å². The number of nitrogens with zero attached hydrogens (tertiary/aromatic N) is 3. The molecule has 0 bridgehead atoms. The third kappa shape index (κ3) is 3.08. The first-order valence-corrected chi connectivity index (χ1v) is 7.44. The maximum Gasteiger partial charge on any atom is 0.274 e. The van der Waals surface area contributed by atoms with Crippen molar-refractivity contribution in [3.63, 3.8) is 0 Å². The largest absolute Gasteiger partial charge is 0.396 e. The summed E-state index contributed by atoms with van der Waals surface area (Å²) in [6.45, 7) is 7.51. The second-order valence-corrected chi connectivity index (χ2v) is 5.83. The van der Waals surface area contributed by atoms with E-state index in [1.54, 1.807) is 6.20 Å². The highest BCUT2D eigenvalue weighted by Crippen LogP contribution is 2.27. The van der Waals surface area contributed by atoms with E-state index in [0.29, 0.717) is 29.7 Å². The van der Waals surface area contributed by atoms with Crippen molar-refractivity contribution < 1.29 is 4.79 Å². The molecule has 110 valence electrons. The van der Waals surface area contributed by atoms with E-state index in [2.05, 4.69) is 9.97 Å². The van der Waals surface area contributed by atoms with Crippen LogP contribution in [0.2, 0.25) is 0 Å². The first-order chi connectivity index (χ1) is 9.52. The van der Waals surface area contributed by atoms with E-state index >= 15 is 0 Å². The maximum absolute atomic E-state index is 12.6. The van der Waals surface area contributed by atoms with Crippen molar-refractivity contribution >= 4 is 11.6 Å². The Labute approximate surface area is 120 Å². The van der Waals surface area contributed by atoms with Gasteiger partial charge in [-0.3, -0.25) is 4.79 Å². The van der Waals surface area contributed by atoms with Crippen molar-refractivity contribution in [1.29, 1.82) is 0 Å². The molecule has 0 aliphatic heterocycles. The fourth-order valence-electron chi connectivity index (χ4n) is 2.35. The molecule has 0 unspecified atom stereocenters. The van der Waals surface area contributed by atoms with Gasteiger partial charge in [0.15, 0.2) is 5.69 Å². The van der Waals surface area contributed by atoms with Crippen LogP contribution in [0.15, 0.2) is 6.20 Å². The van der Waals surface area contributed by atoms with Gasteiger partial charge in [-0.15, -0.1) is 0 Å². The van der Waals surface area contributed by atoms with Gasteiger partial charge in [-0.2, -0.15) is 0 Å². The number of nitrogens with two attached hydrogens (primary N) is 1. The van der Waals surface area contributed by atoms with Crippen LogP contribution in [-0.4, -0.2) is 33.9 Å². The lowest BCUT2D eigenvalue weighted by Crippen LogP contribution is -2.38. The smallest absolute Gasteiger partial charge is 0.274 e. The molecule has 1 fully saturated rings. The van der Waals surface area contributed by atoms with Crippen LogP contribution in [-0.2, 0) is 0 Å². The highest BCUT2D eigenvalue weighted by molar-refractivity contribution is 5.97. The van der Waals surface area contributed by atoms with E-state index in [0.717, 1.165) is 6.54 Å². The lowest BCUT2D eigenvalue weighted by atomic mass is 9.85. The van der Waals surface area contributed by atoms with Gasteiger partial charge >= 0.3 is 0 Å². The predicted molar refractivity (Wildman–Crippen MR) is 79.5 cm³/mol. The standard InChI is InChI=1S/C15H24N4O/c1-4-19(9-11-6-5-7-11)15(20)13-12(16)8-17-14(18-13)10(2)3/h8,10-11H,4-7,9,16H2,1-3H3. The number of hydrogen-bond acceptors (Lipinski definition) is 4. The summed E-state index contributed by atoms with van der Waals surface area (Å²) >= 11 is 0. The molecule has 1 heterocycles. The molecule has 1 aromatic heterocycles. The Morgan fingerprint density at radius 1 is 1.50 bits per heavy atom. The topological polar surface area (TPSA) is 72.1 Å². The number of anilines is 1. The molecule has 2 N–H and O–H groups in total. The minimum Gasteiger partial charge on any atom is -0.396 e. The van der Waals surface area contributed by atoms with Crippen LogP contribution < -0.4 is 5.73 Å². The molecule has 5 nitrogen and oxygen atoms in total. The Morgan fingerprint density at radius 3 is 2.70 bits per heavy atom. The zero-order valence-electron chi connectivity index (χ0n) is 12.6. The van der Waals surface area contributed by atoms with E-state index in [1.807, 2.05) is 25.7 Å². The molecule has 5 heteroatoms. The van der Waals surface area contributed by atoms with Crippen LogP contribution in [0, 0.1) is 5.92 Å². The summed E-state index contributed by atoms with van der Waals surface area (Å²) in [4.78, 5) is 23.0. The van der Waals surface area contributed by atoms with Gasteiger partial charge in [0.25, 0.3) is 5.91 Å². The number of nitrogen functional groups attached to an aromatic ring is 1. The lowest BCUT2D eigenvalue weighted by molar-refractivity contribution is 0.0701. The second kappa shape index (κ2) is 6.20. The zero-order chi connectivity index (χ0) is 14.7. The number of rotatable bonds is 5. The lowest BCUT2D eigenvalue weighted by Gasteiger charge is -2.31. The monoisotopic (exact) mass is 276 g/mol. The van der Waals surface area contributed by atoms with Crippen molar-refractivity contribution in [2.75, 3.05) is 18.8 Å². The molecule has 1 saturated carbocycles. The molecular weight excluding hydrogens is 252 g/mol. The summed E-state index contributed by atoms with van der Waals surface area (Å²) in [5, 5.41) is 0. The summed E-state index contributed by atoms with van der Waals surface area (Å²) in [6.07, 6.45) is 5.27. The van der Waals surface area contributed by atoms with E-state index in [4.69, 9.17) is 5.73 Å². The first kappa shape index (κ1) is 14.8. The summed E-state index contributed by atoms with van der Waals surface area (Å²) in [7, 11) is 0. The van der Waals surface area contributed by atoms with Crippen LogP contribution in [0.4, 0.5) is 5.69 Å². The predicted octanol–water partition coefficient (Wildman–Crippen LogP) is 2.44. The minimum atomic E-state index is -0.0683. The Hall–Kier alpha value is -1.65. The third-order valence-corrected chi connectivity index (χ3v) is 3.93. The number of carbonyl (C=O) groups is 1. The van der Waals surface area contributed by atoms with Gasteiger partial charge in [-0.25, -0.2) is 9.97 Å². The van der Waals surface area contributed by atoms with Gasteiger partial charge in [0.05, 0.1) is 11.9 Å². The molecule has 20 heavy (non-hydrogen) atoms. The molecule has 1 aromatic rings. The van der Waals surface area contributed by atoms with E-state index in [9.17, 15) is 4.79 Å². The average Bonchev–Trinajstić information content (AvgIpc) is 2.37. The van der Waals surface area contributed by atoms with Gasteiger partial charge in [0.1, 0.15) is 5.82 Å². The minimum absolute atomic E-state index is 0.0683. The Balaban J connectivity index is 2.19. The molecule has 1 aliphatic rings. The number of carbonyl (C=O) groups excluding carboxylic acids is 1. The van der Waals surface area contributed by atoms with Gasteiger partial charge in [0, 0.05) is 19.0 Å². The van der Waals surface area contributed by atoms with E-state index in [-0.39, 0.29) is 11.8 Å². The molecule has 0 spiro atoms. The molecule has 1 aliphatic carbocycles. The number of hydrogen-bond donors (Lipinski definition) is 1. The Morgan fingerprint density at radius 2 is 2.20 bits per heavy atom. The SMILES string of the molecule is CCN(CC1CCC1)C(=O)c1nc(C(C)C)ncc1N. The Bertz CT molecular complexity index is 483. The molecule has 0 aromatic carbocycles. The van der Waals surface area contributed by atoms with Crippen LogP contribution in [0.5, 0.6) is 0 Å². The molecule has 1 amide bonds. The zero-order valence-corrected chi connectivity index (χ0v) is 12.6. The summed E-state index contributed by atoms with van der Waals surface area (Å²) in [5.41, 5.74) is 6.61. The van der Waals surface area contributed by atoms with Crippen LogP contribution in [0.1, 0.15) is 62.3 Å². The maximum atomic E-state index is 12.6. The van der Waals surface area contributed by atoms with Gasteiger partial charge < -0.3 is 10.6 Å². The Kier molecular flexibility index (Phi) is 4.57. The summed E-state index contributed by atoms with van der Waals surface area (Å²) in [5.74, 6) is 1.43. The summed E-state index contributed by atoms with van der Waals surface area (Å²) < 4.78 is 0.